The van der Waals surface area contributed by atoms with Crippen LogP contribution in [0.5, 0.6) is 5.75 Å². The van der Waals surface area contributed by atoms with Crippen molar-refractivity contribution in [3.8, 4) is 5.75 Å². The lowest BCUT2D eigenvalue weighted by Gasteiger charge is -2.20. The maximum atomic E-state index is 11.7. The second-order valence-corrected chi connectivity index (χ2v) is 7.01. The first-order valence-corrected chi connectivity index (χ1v) is 8.80. The summed E-state index contributed by atoms with van der Waals surface area (Å²) in [5.74, 6) is 0.581. The van der Waals surface area contributed by atoms with E-state index < -0.39 is 6.09 Å². The number of carbonyl (C=O) groups is 1. The second kappa shape index (κ2) is 8.80. The third-order valence-electron chi connectivity index (χ3n) is 3.32. The van der Waals surface area contributed by atoms with Gasteiger partial charge in [-0.15, -0.1) is 11.3 Å². The van der Waals surface area contributed by atoms with E-state index in [1.54, 1.807) is 24.5 Å². The van der Waals surface area contributed by atoms with E-state index in [1.807, 2.05) is 38.2 Å². The van der Waals surface area contributed by atoms with Gasteiger partial charge in [-0.3, -0.25) is 5.32 Å². The Labute approximate surface area is 151 Å². The Hall–Kier alpha value is -1.92. The fourth-order valence-corrected chi connectivity index (χ4v) is 3.26. The van der Waals surface area contributed by atoms with Gasteiger partial charge in [-0.25, -0.2) is 4.79 Å². The zero-order valence-electron chi connectivity index (χ0n) is 14.0. The van der Waals surface area contributed by atoms with Crippen molar-refractivity contribution in [1.82, 2.24) is 0 Å². The standard InChI is InChI=1S/C17H21ClN2O3S/c1-4-9-23-17(21)19-14-7-5-12(10-15(14)22-3)20(2)11-13-6-8-16(18)24-13/h5-8,10H,4,9,11H2,1-3H3,(H,19,21). The predicted molar refractivity (Wildman–Crippen MR) is 99.7 cm³/mol. The number of anilines is 2. The molecule has 0 saturated carbocycles. The summed E-state index contributed by atoms with van der Waals surface area (Å²) in [7, 11) is 3.56. The Balaban J connectivity index is 2.08. The number of nitrogens with zero attached hydrogens (tertiary/aromatic N) is 1. The average Bonchev–Trinajstić information content (AvgIpc) is 2.98. The van der Waals surface area contributed by atoms with Crippen molar-refractivity contribution < 1.29 is 14.3 Å². The summed E-state index contributed by atoms with van der Waals surface area (Å²) < 4.78 is 11.2. The third kappa shape index (κ3) is 5.04. The highest BCUT2D eigenvalue weighted by Crippen LogP contribution is 2.31. The van der Waals surface area contributed by atoms with Crippen molar-refractivity contribution in [2.24, 2.45) is 0 Å². The molecule has 1 aromatic heterocycles. The smallest absolute Gasteiger partial charge is 0.411 e. The van der Waals surface area contributed by atoms with Crippen molar-refractivity contribution in [1.29, 1.82) is 0 Å². The molecule has 0 aliphatic heterocycles. The molecule has 1 aromatic carbocycles. The highest BCUT2D eigenvalue weighted by molar-refractivity contribution is 7.16. The Morgan fingerprint density at radius 3 is 2.75 bits per heavy atom. The summed E-state index contributed by atoms with van der Waals surface area (Å²) in [4.78, 5) is 15.0. The maximum absolute atomic E-state index is 11.7. The van der Waals surface area contributed by atoms with Crippen LogP contribution in [0.3, 0.4) is 0 Å². The van der Waals surface area contributed by atoms with Crippen molar-refractivity contribution in [2.45, 2.75) is 19.9 Å². The molecule has 5 nitrogen and oxygen atoms in total. The van der Waals surface area contributed by atoms with E-state index in [4.69, 9.17) is 21.1 Å². The molecule has 2 rings (SSSR count). The molecule has 24 heavy (non-hydrogen) atoms. The van der Waals surface area contributed by atoms with Gasteiger partial charge in [0.15, 0.2) is 0 Å². The first-order valence-electron chi connectivity index (χ1n) is 7.60. The highest BCUT2D eigenvalue weighted by Gasteiger charge is 2.11. The number of hydrogen-bond acceptors (Lipinski definition) is 5. The van der Waals surface area contributed by atoms with Crippen LogP contribution in [0.2, 0.25) is 4.34 Å². The lowest BCUT2D eigenvalue weighted by Crippen LogP contribution is -2.17. The Morgan fingerprint density at radius 2 is 2.12 bits per heavy atom. The summed E-state index contributed by atoms with van der Waals surface area (Å²) in [5, 5.41) is 2.70. The zero-order valence-corrected chi connectivity index (χ0v) is 15.5. The van der Waals surface area contributed by atoms with Gasteiger partial charge in [0.2, 0.25) is 0 Å². The molecule has 7 heteroatoms. The molecular weight excluding hydrogens is 348 g/mol. The highest BCUT2D eigenvalue weighted by atomic mass is 35.5. The topological polar surface area (TPSA) is 50.8 Å². The van der Waals surface area contributed by atoms with E-state index in [-0.39, 0.29) is 0 Å². The van der Waals surface area contributed by atoms with E-state index >= 15 is 0 Å². The summed E-state index contributed by atoms with van der Waals surface area (Å²) in [6.45, 7) is 3.07. The van der Waals surface area contributed by atoms with Gasteiger partial charge in [0.05, 0.1) is 30.3 Å². The maximum Gasteiger partial charge on any atom is 0.411 e. The van der Waals surface area contributed by atoms with Gasteiger partial charge in [0.25, 0.3) is 0 Å². The largest absolute Gasteiger partial charge is 0.494 e. The number of ether oxygens (including phenoxy) is 2. The molecule has 0 atom stereocenters. The third-order valence-corrected chi connectivity index (χ3v) is 4.54. The minimum atomic E-state index is -0.482. The lowest BCUT2D eigenvalue weighted by molar-refractivity contribution is 0.161. The van der Waals surface area contributed by atoms with Gasteiger partial charge in [-0.05, 0) is 30.7 Å². The van der Waals surface area contributed by atoms with Gasteiger partial charge >= 0.3 is 6.09 Å². The summed E-state index contributed by atoms with van der Waals surface area (Å²) in [5.41, 5.74) is 1.55. The number of thiophene rings is 1. The van der Waals surface area contributed by atoms with Crippen molar-refractivity contribution in [3.63, 3.8) is 0 Å². The Kier molecular flexibility index (Phi) is 6.75. The number of methoxy groups -OCH3 is 1. The molecule has 0 saturated heterocycles. The van der Waals surface area contributed by atoms with Crippen molar-refractivity contribution >= 4 is 40.4 Å². The second-order valence-electron chi connectivity index (χ2n) is 5.21. The van der Waals surface area contributed by atoms with E-state index in [9.17, 15) is 4.79 Å². The minimum absolute atomic E-state index is 0.387. The van der Waals surface area contributed by atoms with E-state index in [2.05, 4.69) is 10.2 Å². The number of rotatable bonds is 7. The molecule has 130 valence electrons. The Bertz CT molecular complexity index is 690. The van der Waals surface area contributed by atoms with Crippen LogP contribution in [0, 0.1) is 0 Å². The van der Waals surface area contributed by atoms with E-state index in [0.717, 1.165) is 23.0 Å². The lowest BCUT2D eigenvalue weighted by atomic mass is 10.2. The SMILES string of the molecule is CCCOC(=O)Nc1ccc(N(C)Cc2ccc(Cl)s2)cc1OC. The van der Waals surface area contributed by atoms with Gasteiger partial charge < -0.3 is 14.4 Å². The summed E-state index contributed by atoms with van der Waals surface area (Å²) >= 11 is 7.53. The van der Waals surface area contributed by atoms with E-state index in [0.29, 0.717) is 18.0 Å². The molecule has 0 unspecified atom stereocenters. The molecule has 0 fully saturated rings. The molecule has 2 aromatic rings. The summed E-state index contributed by atoms with van der Waals surface area (Å²) in [6.07, 6.45) is 0.297. The number of carbonyl (C=O) groups excluding carboxylic acids is 1. The van der Waals surface area contributed by atoms with Crippen LogP contribution in [0.25, 0.3) is 0 Å². The quantitative estimate of drug-likeness (QED) is 0.746. The van der Waals surface area contributed by atoms with Crippen LogP contribution in [-0.2, 0) is 11.3 Å². The number of hydrogen-bond donors (Lipinski definition) is 1. The van der Waals surface area contributed by atoms with Gasteiger partial charge in [-0.1, -0.05) is 18.5 Å². The number of benzene rings is 1. The van der Waals surface area contributed by atoms with Gasteiger partial charge in [0, 0.05) is 23.7 Å². The van der Waals surface area contributed by atoms with Gasteiger partial charge in [0.1, 0.15) is 5.75 Å². The van der Waals surface area contributed by atoms with Gasteiger partial charge in [-0.2, -0.15) is 0 Å². The monoisotopic (exact) mass is 368 g/mol. The number of amides is 1. The average molecular weight is 369 g/mol. The zero-order chi connectivity index (χ0) is 17.5. The fraction of sp³-hybridized carbons (Fsp3) is 0.353. The fourth-order valence-electron chi connectivity index (χ4n) is 2.12. The molecule has 0 aliphatic carbocycles. The molecule has 0 aliphatic rings. The molecule has 1 heterocycles. The van der Waals surface area contributed by atoms with Crippen LogP contribution in [0.15, 0.2) is 30.3 Å². The van der Waals surface area contributed by atoms with Crippen LogP contribution in [-0.4, -0.2) is 26.9 Å². The van der Waals surface area contributed by atoms with Crippen molar-refractivity contribution in [3.05, 3.63) is 39.5 Å². The van der Waals surface area contributed by atoms with Crippen molar-refractivity contribution in [2.75, 3.05) is 31.0 Å². The normalized spacial score (nSPS) is 10.3. The first kappa shape index (κ1) is 18.4. The number of halogens is 1. The molecule has 1 N–H and O–H groups in total. The first-order chi connectivity index (χ1) is 11.5. The predicted octanol–water partition coefficient (Wildman–Crippen LogP) is 5.01. The summed E-state index contributed by atoms with van der Waals surface area (Å²) in [6, 6.07) is 9.52. The van der Waals surface area contributed by atoms with Crippen LogP contribution < -0.4 is 15.0 Å². The molecule has 0 spiro atoms. The van der Waals surface area contributed by atoms with Crippen LogP contribution >= 0.6 is 22.9 Å². The van der Waals surface area contributed by atoms with E-state index in [1.165, 1.54) is 4.88 Å². The minimum Gasteiger partial charge on any atom is -0.494 e. The van der Waals surface area contributed by atoms with Crippen LogP contribution in [0.4, 0.5) is 16.2 Å². The molecular formula is C17H21ClN2O3S. The van der Waals surface area contributed by atoms with Crippen LogP contribution in [0.1, 0.15) is 18.2 Å². The number of nitrogens with one attached hydrogen (secondary N) is 1. The molecule has 0 bridgehead atoms. The Morgan fingerprint density at radius 1 is 1.33 bits per heavy atom. The molecule has 0 radical (unpaired) electrons. The molecule has 1 amide bonds.